The maximum atomic E-state index is 12.2. The number of aliphatic hydroxyl groups excluding tert-OH is 1. The molecule has 6 heteroatoms. The van der Waals surface area contributed by atoms with Crippen LogP contribution in [0.3, 0.4) is 0 Å². The molecule has 1 aliphatic heterocycles. The van der Waals surface area contributed by atoms with Gasteiger partial charge in [-0.25, -0.2) is 4.79 Å². The fourth-order valence-electron chi connectivity index (χ4n) is 3.23. The zero-order valence-corrected chi connectivity index (χ0v) is 14.2. The minimum atomic E-state index is -0.216. The van der Waals surface area contributed by atoms with Gasteiger partial charge in [-0.1, -0.05) is 30.3 Å². The second kappa shape index (κ2) is 8.69. The van der Waals surface area contributed by atoms with Crippen LogP contribution in [0.5, 0.6) is 0 Å². The molecule has 3 N–H and O–H groups in total. The quantitative estimate of drug-likeness (QED) is 0.749. The molecule has 25 heavy (non-hydrogen) atoms. The van der Waals surface area contributed by atoms with Gasteiger partial charge in [-0.15, -0.1) is 0 Å². The molecule has 1 saturated heterocycles. The number of hydrogen-bond acceptors (Lipinski definition) is 4. The van der Waals surface area contributed by atoms with Gasteiger partial charge >= 0.3 is 6.03 Å². The van der Waals surface area contributed by atoms with Crippen LogP contribution in [0.1, 0.15) is 17.5 Å². The predicted octanol–water partition coefficient (Wildman–Crippen LogP) is 1.96. The lowest BCUT2D eigenvalue weighted by Crippen LogP contribution is -2.55. The summed E-state index contributed by atoms with van der Waals surface area (Å²) in [6, 6.07) is 11.8. The third kappa shape index (κ3) is 5.08. The van der Waals surface area contributed by atoms with Crippen LogP contribution in [-0.2, 0) is 13.1 Å². The van der Waals surface area contributed by atoms with E-state index in [9.17, 15) is 9.90 Å². The summed E-state index contributed by atoms with van der Waals surface area (Å²) in [6.45, 7) is 3.03. The molecule has 0 bridgehead atoms. The molecule has 134 valence electrons. The van der Waals surface area contributed by atoms with Gasteiger partial charge in [-0.2, -0.15) is 0 Å². The molecule has 6 nitrogen and oxygen atoms in total. The van der Waals surface area contributed by atoms with Gasteiger partial charge in [0.2, 0.25) is 0 Å². The Labute approximate surface area is 147 Å². The molecule has 0 aliphatic carbocycles. The van der Waals surface area contributed by atoms with Gasteiger partial charge in [-0.05, 0) is 24.6 Å². The lowest BCUT2D eigenvalue weighted by Gasteiger charge is -2.38. The Morgan fingerprint density at radius 1 is 1.24 bits per heavy atom. The Bertz CT molecular complexity index is 645. The molecule has 0 radical (unpaired) electrons. The first-order valence-electron chi connectivity index (χ1n) is 8.67. The van der Waals surface area contributed by atoms with Crippen molar-refractivity contribution in [2.45, 2.75) is 25.6 Å². The molecule has 2 atom stereocenters. The predicted molar refractivity (Wildman–Crippen MR) is 94.8 cm³/mol. The van der Waals surface area contributed by atoms with Crippen molar-refractivity contribution in [2.75, 3.05) is 19.7 Å². The van der Waals surface area contributed by atoms with E-state index >= 15 is 0 Å². The number of amides is 2. The fourth-order valence-corrected chi connectivity index (χ4v) is 3.23. The Morgan fingerprint density at radius 2 is 2.08 bits per heavy atom. The highest BCUT2D eigenvalue weighted by Gasteiger charge is 2.29. The van der Waals surface area contributed by atoms with Gasteiger partial charge in [-0.3, -0.25) is 4.90 Å². The monoisotopic (exact) mass is 343 g/mol. The maximum Gasteiger partial charge on any atom is 0.315 e. The van der Waals surface area contributed by atoms with E-state index in [1.165, 1.54) is 5.56 Å². The number of carbonyl (C=O) groups is 1. The summed E-state index contributed by atoms with van der Waals surface area (Å²) in [5.74, 6) is 0.0895. The number of nitrogens with zero attached hydrogens (tertiary/aromatic N) is 1. The zero-order valence-electron chi connectivity index (χ0n) is 14.2. The minimum Gasteiger partial charge on any atom is -0.472 e. The van der Waals surface area contributed by atoms with Gasteiger partial charge in [0.05, 0.1) is 12.5 Å². The summed E-state index contributed by atoms with van der Waals surface area (Å²) >= 11 is 0. The van der Waals surface area contributed by atoms with E-state index in [4.69, 9.17) is 4.42 Å². The number of nitrogens with one attached hydrogen (secondary N) is 2. The molecule has 1 fully saturated rings. The van der Waals surface area contributed by atoms with Crippen molar-refractivity contribution < 1.29 is 14.3 Å². The molecule has 1 aliphatic rings. The van der Waals surface area contributed by atoms with Crippen LogP contribution in [0.2, 0.25) is 0 Å². The van der Waals surface area contributed by atoms with Crippen molar-refractivity contribution in [1.82, 2.24) is 15.5 Å². The van der Waals surface area contributed by atoms with E-state index in [1.54, 1.807) is 12.5 Å². The summed E-state index contributed by atoms with van der Waals surface area (Å²) in [4.78, 5) is 14.5. The Hall–Kier alpha value is -2.31. The first-order chi connectivity index (χ1) is 12.2. The minimum absolute atomic E-state index is 0.0631. The van der Waals surface area contributed by atoms with Crippen molar-refractivity contribution in [2.24, 2.45) is 5.92 Å². The highest BCUT2D eigenvalue weighted by molar-refractivity contribution is 5.74. The third-order valence-electron chi connectivity index (χ3n) is 4.67. The summed E-state index contributed by atoms with van der Waals surface area (Å²) in [5.41, 5.74) is 2.18. The standard InChI is InChI=1S/C19H25N3O3/c23-13-17-6-8-22(11-15-4-2-1-3-5-15)12-18(17)21-19(24)20-10-16-7-9-25-14-16/h1-5,7,9,14,17-18,23H,6,8,10-13H2,(H2,20,21,24)/t17-,18-/m0/s1. The average molecular weight is 343 g/mol. The smallest absolute Gasteiger partial charge is 0.315 e. The summed E-state index contributed by atoms with van der Waals surface area (Å²) in [5, 5.41) is 15.5. The van der Waals surface area contributed by atoms with Crippen LogP contribution in [0, 0.1) is 5.92 Å². The number of benzene rings is 1. The molecule has 1 aromatic carbocycles. The normalized spacial score (nSPS) is 21.0. The number of piperidine rings is 1. The zero-order chi connectivity index (χ0) is 17.5. The van der Waals surface area contributed by atoms with E-state index in [0.29, 0.717) is 6.54 Å². The van der Waals surface area contributed by atoms with Crippen molar-refractivity contribution in [3.63, 3.8) is 0 Å². The van der Waals surface area contributed by atoms with E-state index in [0.717, 1.165) is 31.6 Å². The number of likely N-dealkylation sites (tertiary alicyclic amines) is 1. The number of urea groups is 1. The van der Waals surface area contributed by atoms with Crippen LogP contribution < -0.4 is 10.6 Å². The Kier molecular flexibility index (Phi) is 6.09. The van der Waals surface area contributed by atoms with Gasteiger partial charge < -0.3 is 20.2 Å². The molecule has 3 rings (SSSR count). The molecule has 0 spiro atoms. The largest absolute Gasteiger partial charge is 0.472 e. The fraction of sp³-hybridized carbons (Fsp3) is 0.421. The molecule has 2 amide bonds. The van der Waals surface area contributed by atoms with E-state index in [2.05, 4.69) is 27.7 Å². The topological polar surface area (TPSA) is 77.7 Å². The highest BCUT2D eigenvalue weighted by Crippen LogP contribution is 2.19. The highest BCUT2D eigenvalue weighted by atomic mass is 16.3. The first-order valence-corrected chi connectivity index (χ1v) is 8.67. The van der Waals surface area contributed by atoms with E-state index in [-0.39, 0.29) is 24.6 Å². The number of carbonyl (C=O) groups excluding carboxylic acids is 1. The van der Waals surface area contributed by atoms with Gasteiger partial charge in [0.1, 0.15) is 0 Å². The number of aliphatic hydroxyl groups is 1. The van der Waals surface area contributed by atoms with Crippen LogP contribution in [0.15, 0.2) is 53.3 Å². The third-order valence-corrected chi connectivity index (χ3v) is 4.67. The van der Waals surface area contributed by atoms with E-state index < -0.39 is 0 Å². The SMILES string of the molecule is O=C(NCc1ccoc1)N[C@H]1CN(Cc2ccccc2)CC[C@H]1CO. The number of furan rings is 1. The van der Waals surface area contributed by atoms with Crippen molar-refractivity contribution >= 4 is 6.03 Å². The average Bonchev–Trinajstić information content (AvgIpc) is 3.15. The van der Waals surface area contributed by atoms with Gasteiger partial charge in [0, 0.05) is 43.8 Å². The molecule has 0 unspecified atom stereocenters. The van der Waals surface area contributed by atoms with Crippen molar-refractivity contribution in [1.29, 1.82) is 0 Å². The second-order valence-corrected chi connectivity index (χ2v) is 6.52. The molecule has 2 heterocycles. The van der Waals surface area contributed by atoms with Crippen LogP contribution in [0.25, 0.3) is 0 Å². The molecule has 2 aromatic rings. The van der Waals surface area contributed by atoms with Crippen LogP contribution >= 0.6 is 0 Å². The van der Waals surface area contributed by atoms with Gasteiger partial charge in [0.25, 0.3) is 0 Å². The van der Waals surface area contributed by atoms with Crippen LogP contribution in [-0.4, -0.2) is 41.8 Å². The lowest BCUT2D eigenvalue weighted by molar-refractivity contribution is 0.0946. The molecular weight excluding hydrogens is 318 g/mol. The Balaban J connectivity index is 1.52. The molecular formula is C19H25N3O3. The Morgan fingerprint density at radius 3 is 2.80 bits per heavy atom. The lowest BCUT2D eigenvalue weighted by atomic mass is 9.92. The second-order valence-electron chi connectivity index (χ2n) is 6.52. The summed E-state index contributed by atoms with van der Waals surface area (Å²) in [7, 11) is 0. The molecule has 0 saturated carbocycles. The summed E-state index contributed by atoms with van der Waals surface area (Å²) < 4.78 is 4.99. The summed E-state index contributed by atoms with van der Waals surface area (Å²) in [6.07, 6.45) is 4.06. The number of hydrogen-bond donors (Lipinski definition) is 3. The van der Waals surface area contributed by atoms with Gasteiger partial charge in [0.15, 0.2) is 0 Å². The maximum absolute atomic E-state index is 12.2. The number of rotatable bonds is 6. The molecule has 1 aromatic heterocycles. The first kappa shape index (κ1) is 17.5. The van der Waals surface area contributed by atoms with E-state index in [1.807, 2.05) is 24.3 Å². The van der Waals surface area contributed by atoms with Crippen molar-refractivity contribution in [3.05, 3.63) is 60.1 Å². The van der Waals surface area contributed by atoms with Crippen molar-refractivity contribution in [3.8, 4) is 0 Å². The van der Waals surface area contributed by atoms with Crippen LogP contribution in [0.4, 0.5) is 4.79 Å².